The van der Waals surface area contributed by atoms with Crippen LogP contribution in [0.1, 0.15) is 0 Å². The second kappa shape index (κ2) is 5.65. The topological polar surface area (TPSA) is 67.8 Å². The van der Waals surface area contributed by atoms with E-state index in [0.29, 0.717) is 17.2 Å². The maximum absolute atomic E-state index is 10.3. The second-order valence-electron chi connectivity index (χ2n) is 2.88. The molecule has 0 aliphatic heterocycles. The zero-order chi connectivity index (χ0) is 12.0. The number of ether oxygens (including phenoxy) is 2. The molecule has 0 aliphatic rings. The fourth-order valence-corrected chi connectivity index (χ4v) is 1.13. The number of carboxylic acid groups (broad SMARTS) is 1. The van der Waals surface area contributed by atoms with Crippen molar-refractivity contribution in [3.8, 4) is 11.5 Å². The summed E-state index contributed by atoms with van der Waals surface area (Å²) in [5.41, 5.74) is 0.638. The van der Waals surface area contributed by atoms with Crippen LogP contribution in [0.3, 0.4) is 0 Å². The summed E-state index contributed by atoms with van der Waals surface area (Å²) in [6, 6.07) is 5.20. The van der Waals surface area contributed by atoms with Gasteiger partial charge in [-0.15, -0.1) is 0 Å². The molecule has 1 aromatic carbocycles. The molecule has 0 bridgehead atoms. The predicted molar refractivity (Wildman–Crippen MR) is 59.9 cm³/mol. The van der Waals surface area contributed by atoms with E-state index in [4.69, 9.17) is 14.6 Å². The number of hydrogen-bond donors (Lipinski definition) is 2. The van der Waals surface area contributed by atoms with Gasteiger partial charge in [-0.3, -0.25) is 0 Å². The van der Waals surface area contributed by atoms with Gasteiger partial charge in [0.2, 0.25) is 0 Å². The van der Waals surface area contributed by atoms with E-state index in [-0.39, 0.29) is 0 Å². The highest BCUT2D eigenvalue weighted by Gasteiger charge is 2.02. The smallest absolute Gasteiger partial charge is 0.329 e. The fourth-order valence-electron chi connectivity index (χ4n) is 1.13. The van der Waals surface area contributed by atoms with E-state index in [1.807, 2.05) is 0 Å². The molecule has 0 unspecified atom stereocenters. The van der Waals surface area contributed by atoms with Gasteiger partial charge in [0.1, 0.15) is 11.5 Å². The van der Waals surface area contributed by atoms with Crippen LogP contribution in [0.25, 0.3) is 0 Å². The SMILES string of the molecule is COc1ccc(OC)c(N/C=C/C(=O)O)c1. The van der Waals surface area contributed by atoms with Crippen LogP contribution in [0, 0.1) is 0 Å². The molecule has 0 spiro atoms. The third-order valence-electron chi connectivity index (χ3n) is 1.87. The molecule has 5 heteroatoms. The van der Waals surface area contributed by atoms with Crippen molar-refractivity contribution in [3.63, 3.8) is 0 Å². The van der Waals surface area contributed by atoms with E-state index in [1.165, 1.54) is 13.3 Å². The van der Waals surface area contributed by atoms with Crippen molar-refractivity contribution in [1.29, 1.82) is 0 Å². The number of carboxylic acids is 1. The number of rotatable bonds is 5. The van der Waals surface area contributed by atoms with Gasteiger partial charge in [-0.2, -0.15) is 0 Å². The molecule has 0 heterocycles. The maximum atomic E-state index is 10.3. The molecule has 0 radical (unpaired) electrons. The highest BCUT2D eigenvalue weighted by molar-refractivity contribution is 5.80. The number of benzene rings is 1. The van der Waals surface area contributed by atoms with Crippen LogP contribution < -0.4 is 14.8 Å². The molecular weight excluding hydrogens is 210 g/mol. The summed E-state index contributed by atoms with van der Waals surface area (Å²) in [6.07, 6.45) is 2.32. The van der Waals surface area contributed by atoms with Gasteiger partial charge in [-0.25, -0.2) is 4.79 Å². The minimum atomic E-state index is -1.02. The van der Waals surface area contributed by atoms with Gasteiger partial charge in [0.05, 0.1) is 19.9 Å². The number of nitrogens with one attached hydrogen (secondary N) is 1. The van der Waals surface area contributed by atoms with Gasteiger partial charge < -0.3 is 19.9 Å². The summed E-state index contributed by atoms with van der Waals surface area (Å²) in [5, 5.41) is 11.2. The van der Waals surface area contributed by atoms with Gasteiger partial charge >= 0.3 is 5.97 Å². The zero-order valence-corrected chi connectivity index (χ0v) is 9.06. The summed E-state index contributed by atoms with van der Waals surface area (Å²) in [4.78, 5) is 10.3. The Morgan fingerprint density at radius 2 is 2.12 bits per heavy atom. The highest BCUT2D eigenvalue weighted by atomic mass is 16.5. The summed E-state index contributed by atoms with van der Waals surface area (Å²) in [6.45, 7) is 0. The Morgan fingerprint density at radius 3 is 2.69 bits per heavy atom. The van der Waals surface area contributed by atoms with Crippen LogP contribution in [-0.4, -0.2) is 25.3 Å². The van der Waals surface area contributed by atoms with Crippen LogP contribution >= 0.6 is 0 Å². The van der Waals surface area contributed by atoms with Crippen molar-refractivity contribution in [2.45, 2.75) is 0 Å². The standard InChI is InChI=1S/C11H13NO4/c1-15-8-3-4-10(16-2)9(7-8)12-6-5-11(13)14/h3-7,12H,1-2H3,(H,13,14)/b6-5+. The van der Waals surface area contributed by atoms with E-state index in [1.54, 1.807) is 25.3 Å². The first-order valence-corrected chi connectivity index (χ1v) is 4.55. The molecule has 1 rings (SSSR count). The van der Waals surface area contributed by atoms with Gasteiger partial charge in [0.15, 0.2) is 0 Å². The lowest BCUT2D eigenvalue weighted by Crippen LogP contribution is -1.96. The normalized spacial score (nSPS) is 10.1. The van der Waals surface area contributed by atoms with Gasteiger partial charge in [-0.05, 0) is 12.1 Å². The molecule has 0 amide bonds. The number of aliphatic carboxylic acids is 1. The monoisotopic (exact) mass is 223 g/mol. The molecule has 0 saturated heterocycles. The molecule has 5 nitrogen and oxygen atoms in total. The molecule has 1 aromatic rings. The van der Waals surface area contributed by atoms with E-state index < -0.39 is 5.97 Å². The number of carbonyl (C=O) groups is 1. The molecule has 16 heavy (non-hydrogen) atoms. The van der Waals surface area contributed by atoms with Crippen LogP contribution in [0.4, 0.5) is 5.69 Å². The number of anilines is 1. The lowest BCUT2D eigenvalue weighted by Gasteiger charge is -2.09. The van der Waals surface area contributed by atoms with Gasteiger partial charge in [0.25, 0.3) is 0 Å². The largest absolute Gasteiger partial charge is 0.497 e. The Kier molecular flexibility index (Phi) is 4.20. The summed E-state index contributed by atoms with van der Waals surface area (Å²) in [7, 11) is 3.09. The summed E-state index contributed by atoms with van der Waals surface area (Å²) >= 11 is 0. The zero-order valence-electron chi connectivity index (χ0n) is 9.06. The van der Waals surface area contributed by atoms with Crippen molar-refractivity contribution < 1.29 is 19.4 Å². The molecule has 0 fully saturated rings. The number of methoxy groups -OCH3 is 2. The fraction of sp³-hybridized carbons (Fsp3) is 0.182. The second-order valence-corrected chi connectivity index (χ2v) is 2.88. The van der Waals surface area contributed by atoms with Gasteiger partial charge in [-0.1, -0.05) is 0 Å². The Hall–Kier alpha value is -2.17. The Balaban J connectivity index is 2.87. The number of hydrogen-bond acceptors (Lipinski definition) is 4. The first-order chi connectivity index (χ1) is 7.67. The van der Waals surface area contributed by atoms with Crippen molar-refractivity contribution in [3.05, 3.63) is 30.5 Å². The van der Waals surface area contributed by atoms with E-state index >= 15 is 0 Å². The quantitative estimate of drug-likeness (QED) is 0.744. The third kappa shape index (κ3) is 3.20. The van der Waals surface area contributed by atoms with E-state index in [2.05, 4.69) is 5.32 Å². The molecule has 0 aromatic heterocycles. The molecule has 2 N–H and O–H groups in total. The van der Waals surface area contributed by atoms with E-state index in [9.17, 15) is 4.79 Å². The molecular formula is C11H13NO4. The molecule has 0 atom stereocenters. The van der Waals surface area contributed by atoms with Crippen molar-refractivity contribution >= 4 is 11.7 Å². The Bertz CT molecular complexity index is 401. The molecule has 0 saturated carbocycles. The summed E-state index contributed by atoms with van der Waals surface area (Å²) < 4.78 is 10.1. The maximum Gasteiger partial charge on any atom is 0.329 e. The minimum Gasteiger partial charge on any atom is -0.497 e. The third-order valence-corrected chi connectivity index (χ3v) is 1.87. The van der Waals surface area contributed by atoms with Gasteiger partial charge in [0, 0.05) is 18.3 Å². The van der Waals surface area contributed by atoms with Crippen molar-refractivity contribution in [2.24, 2.45) is 0 Å². The van der Waals surface area contributed by atoms with Crippen molar-refractivity contribution in [2.75, 3.05) is 19.5 Å². The minimum absolute atomic E-state index is 0.607. The molecule has 0 aliphatic carbocycles. The average Bonchev–Trinajstić information content (AvgIpc) is 2.28. The average molecular weight is 223 g/mol. The predicted octanol–water partition coefficient (Wildman–Crippen LogP) is 1.71. The lowest BCUT2D eigenvalue weighted by atomic mass is 10.2. The highest BCUT2D eigenvalue weighted by Crippen LogP contribution is 2.28. The van der Waals surface area contributed by atoms with Crippen LogP contribution in [0.2, 0.25) is 0 Å². The van der Waals surface area contributed by atoms with Crippen molar-refractivity contribution in [1.82, 2.24) is 0 Å². The first-order valence-electron chi connectivity index (χ1n) is 4.55. The lowest BCUT2D eigenvalue weighted by molar-refractivity contribution is -0.131. The Morgan fingerprint density at radius 1 is 1.38 bits per heavy atom. The van der Waals surface area contributed by atoms with Crippen LogP contribution in [-0.2, 0) is 4.79 Å². The Labute approximate surface area is 93.3 Å². The molecule has 86 valence electrons. The van der Waals surface area contributed by atoms with E-state index in [0.717, 1.165) is 6.08 Å². The van der Waals surface area contributed by atoms with Crippen LogP contribution in [0.15, 0.2) is 30.5 Å². The first kappa shape index (κ1) is 11.9. The summed E-state index contributed by atoms with van der Waals surface area (Å²) in [5.74, 6) is 0.247. The van der Waals surface area contributed by atoms with Crippen LogP contribution in [0.5, 0.6) is 11.5 Å².